The topological polar surface area (TPSA) is 50.2 Å². The van der Waals surface area contributed by atoms with Gasteiger partial charge in [0.15, 0.2) is 11.6 Å². The maximum Gasteiger partial charge on any atom is 0.311 e. The highest BCUT2D eigenvalue weighted by atomic mass is 35.5. The summed E-state index contributed by atoms with van der Waals surface area (Å²) in [5.41, 5.74) is -0.766. The lowest BCUT2D eigenvalue weighted by Crippen LogP contribution is -2.14. The number of hydrogen-bond donors (Lipinski definition) is 1. The number of ether oxygens (including phenoxy) is 1. The molecule has 1 N–H and O–H groups in total. The summed E-state index contributed by atoms with van der Waals surface area (Å²) in [4.78, 5) is 10.9. The molecule has 0 aliphatic heterocycles. The average molecular weight is 280 g/mol. The molecule has 0 saturated heterocycles. The molecule has 0 aliphatic rings. The van der Waals surface area contributed by atoms with Crippen LogP contribution < -0.4 is 0 Å². The molecule has 1 aromatic rings. The van der Waals surface area contributed by atoms with E-state index in [1.54, 1.807) is 0 Å². The Kier molecular flexibility index (Phi) is 4.72. The minimum atomic E-state index is -1.36. The summed E-state index contributed by atoms with van der Waals surface area (Å²) in [6.07, 6.45) is -0.455. The molecule has 1 unspecified atom stereocenters. The fourth-order valence-electron chi connectivity index (χ4n) is 1.24. The molecule has 0 spiro atoms. The van der Waals surface area contributed by atoms with Gasteiger partial charge in [0.1, 0.15) is 5.82 Å². The fraction of sp³-hybridized carbons (Fsp3) is 0.273. The van der Waals surface area contributed by atoms with Gasteiger partial charge in [-0.1, -0.05) is 0 Å². The second kappa shape index (κ2) is 5.86. The van der Waals surface area contributed by atoms with Gasteiger partial charge in [-0.05, 0) is 6.07 Å². The Morgan fingerprint density at radius 1 is 1.33 bits per heavy atom. The standard InChI is InChI=1S/C11H9ClF3NO2/c1-18-10(17)4-9(16)11(12)5-2-7(14)8(15)3-6(5)13/h2-3,11,16H,4H2,1H3. The molecule has 7 heteroatoms. The molecule has 18 heavy (non-hydrogen) atoms. The van der Waals surface area contributed by atoms with Gasteiger partial charge in [0.2, 0.25) is 0 Å². The monoisotopic (exact) mass is 279 g/mol. The van der Waals surface area contributed by atoms with Gasteiger partial charge < -0.3 is 10.1 Å². The van der Waals surface area contributed by atoms with Crippen LogP contribution in [0.5, 0.6) is 0 Å². The van der Waals surface area contributed by atoms with Gasteiger partial charge in [-0.3, -0.25) is 4.79 Å². The van der Waals surface area contributed by atoms with Crippen LogP contribution in [0.25, 0.3) is 0 Å². The summed E-state index contributed by atoms with van der Waals surface area (Å²) < 4.78 is 43.3. The number of halogens is 4. The molecule has 0 saturated carbocycles. The zero-order valence-corrected chi connectivity index (χ0v) is 10.0. The number of esters is 1. The third kappa shape index (κ3) is 3.22. The van der Waals surface area contributed by atoms with Crippen LogP contribution in [0.1, 0.15) is 17.4 Å². The SMILES string of the molecule is COC(=O)CC(=N)C(Cl)c1cc(F)c(F)cc1F. The van der Waals surface area contributed by atoms with Crippen molar-refractivity contribution in [2.24, 2.45) is 0 Å². The Balaban J connectivity index is 2.96. The molecule has 1 atom stereocenters. The highest BCUT2D eigenvalue weighted by Gasteiger charge is 2.22. The van der Waals surface area contributed by atoms with E-state index in [0.29, 0.717) is 12.1 Å². The number of carbonyl (C=O) groups is 1. The lowest BCUT2D eigenvalue weighted by atomic mass is 10.0. The van der Waals surface area contributed by atoms with E-state index >= 15 is 0 Å². The van der Waals surface area contributed by atoms with E-state index in [2.05, 4.69) is 4.74 Å². The minimum Gasteiger partial charge on any atom is -0.469 e. The largest absolute Gasteiger partial charge is 0.469 e. The molecule has 0 fully saturated rings. The van der Waals surface area contributed by atoms with Crippen molar-refractivity contribution in [1.82, 2.24) is 0 Å². The fourth-order valence-corrected chi connectivity index (χ4v) is 1.48. The molecular weight excluding hydrogens is 271 g/mol. The zero-order chi connectivity index (χ0) is 13.9. The molecule has 3 nitrogen and oxygen atoms in total. The molecule has 0 radical (unpaired) electrons. The van der Waals surface area contributed by atoms with Crippen LogP contribution in [0, 0.1) is 22.9 Å². The number of benzene rings is 1. The van der Waals surface area contributed by atoms with E-state index in [1.165, 1.54) is 0 Å². The van der Waals surface area contributed by atoms with Gasteiger partial charge in [0, 0.05) is 17.3 Å². The molecule has 0 aliphatic carbocycles. The molecule has 0 heterocycles. The smallest absolute Gasteiger partial charge is 0.311 e. The van der Waals surface area contributed by atoms with E-state index in [1.807, 2.05) is 0 Å². The first-order valence-corrected chi connectivity index (χ1v) is 5.23. The lowest BCUT2D eigenvalue weighted by Gasteiger charge is -2.12. The van der Waals surface area contributed by atoms with Crippen LogP contribution in [0.4, 0.5) is 13.2 Å². The summed E-state index contributed by atoms with van der Waals surface area (Å²) >= 11 is 5.73. The molecule has 98 valence electrons. The van der Waals surface area contributed by atoms with Gasteiger partial charge in [-0.15, -0.1) is 11.6 Å². The maximum absolute atomic E-state index is 13.4. The second-order valence-electron chi connectivity index (χ2n) is 3.43. The van der Waals surface area contributed by atoms with Crippen molar-refractivity contribution < 1.29 is 22.7 Å². The predicted molar refractivity (Wildman–Crippen MR) is 59.3 cm³/mol. The summed E-state index contributed by atoms with van der Waals surface area (Å²) in [6.45, 7) is 0. The van der Waals surface area contributed by atoms with Gasteiger partial charge >= 0.3 is 5.97 Å². The van der Waals surface area contributed by atoms with Crippen molar-refractivity contribution in [2.45, 2.75) is 11.8 Å². The Bertz CT molecular complexity index is 493. The van der Waals surface area contributed by atoms with Crippen LogP contribution in [0.3, 0.4) is 0 Å². The van der Waals surface area contributed by atoms with E-state index in [4.69, 9.17) is 17.0 Å². The van der Waals surface area contributed by atoms with E-state index in [-0.39, 0.29) is 5.71 Å². The molecule has 0 amide bonds. The molecule has 0 aromatic heterocycles. The van der Waals surface area contributed by atoms with Crippen molar-refractivity contribution in [3.63, 3.8) is 0 Å². The zero-order valence-electron chi connectivity index (χ0n) is 9.27. The average Bonchev–Trinajstić information content (AvgIpc) is 2.32. The van der Waals surface area contributed by atoms with Crippen molar-refractivity contribution in [1.29, 1.82) is 5.41 Å². The summed E-state index contributed by atoms with van der Waals surface area (Å²) in [5.74, 6) is -4.43. The van der Waals surface area contributed by atoms with Crippen molar-refractivity contribution in [3.8, 4) is 0 Å². The normalized spacial score (nSPS) is 12.1. The van der Waals surface area contributed by atoms with Gasteiger partial charge in [-0.2, -0.15) is 0 Å². The molecule has 1 aromatic carbocycles. The first-order valence-electron chi connectivity index (χ1n) is 4.79. The Labute approximate surface area is 106 Å². The van der Waals surface area contributed by atoms with Crippen LogP contribution in [-0.2, 0) is 9.53 Å². The van der Waals surface area contributed by atoms with Gasteiger partial charge in [0.05, 0.1) is 18.9 Å². The van der Waals surface area contributed by atoms with E-state index in [0.717, 1.165) is 7.11 Å². The summed E-state index contributed by atoms with van der Waals surface area (Å²) in [7, 11) is 1.12. The Morgan fingerprint density at radius 2 is 1.89 bits per heavy atom. The van der Waals surface area contributed by atoms with Crippen LogP contribution >= 0.6 is 11.6 Å². The number of rotatable bonds is 4. The minimum absolute atomic E-state index is 0.339. The highest BCUT2D eigenvalue weighted by molar-refractivity contribution is 6.32. The molecule has 1 rings (SSSR count). The highest BCUT2D eigenvalue weighted by Crippen LogP contribution is 2.27. The van der Waals surface area contributed by atoms with E-state index < -0.39 is 40.8 Å². The number of alkyl halides is 1. The van der Waals surface area contributed by atoms with Gasteiger partial charge in [0.25, 0.3) is 0 Å². The van der Waals surface area contributed by atoms with Crippen LogP contribution in [0.15, 0.2) is 12.1 Å². The molecular formula is C11H9ClF3NO2. The third-order valence-corrected chi connectivity index (χ3v) is 2.68. The predicted octanol–water partition coefficient (Wildman–Crippen LogP) is 2.97. The van der Waals surface area contributed by atoms with Crippen molar-refractivity contribution >= 4 is 23.3 Å². The van der Waals surface area contributed by atoms with E-state index in [9.17, 15) is 18.0 Å². The maximum atomic E-state index is 13.4. The van der Waals surface area contributed by atoms with Crippen molar-refractivity contribution in [2.75, 3.05) is 7.11 Å². The number of methoxy groups -OCH3 is 1. The van der Waals surface area contributed by atoms with Crippen molar-refractivity contribution in [3.05, 3.63) is 35.1 Å². The summed E-state index contributed by atoms with van der Waals surface area (Å²) in [6, 6.07) is 0.902. The quantitative estimate of drug-likeness (QED) is 0.399. The third-order valence-electron chi connectivity index (χ3n) is 2.18. The van der Waals surface area contributed by atoms with Gasteiger partial charge in [-0.25, -0.2) is 13.2 Å². The first-order chi connectivity index (χ1) is 8.36. The number of hydrogen-bond acceptors (Lipinski definition) is 3. The number of carbonyl (C=O) groups excluding carboxylic acids is 1. The lowest BCUT2D eigenvalue weighted by molar-refractivity contribution is -0.139. The van der Waals surface area contributed by atoms with Crippen LogP contribution in [-0.4, -0.2) is 18.8 Å². The first kappa shape index (κ1) is 14.5. The van der Waals surface area contributed by atoms with Crippen LogP contribution in [0.2, 0.25) is 0 Å². The number of nitrogens with one attached hydrogen (secondary N) is 1. The summed E-state index contributed by atoms with van der Waals surface area (Å²) in [5, 5.41) is 6.11. The Morgan fingerprint density at radius 3 is 2.44 bits per heavy atom. The molecule has 0 bridgehead atoms. The second-order valence-corrected chi connectivity index (χ2v) is 3.86. The Hall–Kier alpha value is -1.56.